The van der Waals surface area contributed by atoms with Crippen LogP contribution in [0.25, 0.3) is 11.4 Å². The number of hydrogen-bond donors (Lipinski definition) is 1. The van der Waals surface area contributed by atoms with Crippen LogP contribution in [0.2, 0.25) is 0 Å². The summed E-state index contributed by atoms with van der Waals surface area (Å²) >= 11 is 0. The monoisotopic (exact) mass is 500 g/mol. The fourth-order valence-corrected chi connectivity index (χ4v) is 4.37. The Morgan fingerprint density at radius 2 is 1.61 bits per heavy atom. The third kappa shape index (κ3) is 5.05. The highest BCUT2D eigenvalue weighted by atomic mass is 16.5. The normalized spacial score (nSPS) is 15.5. The number of benzene rings is 4. The SMILES string of the molecule is O=C(N/N=C1\C[C@@H](c2ccccc2)Oc2ccccc21)c1ccc(Cn2nnc(-c3ccccc3)n2)cc1. The summed E-state index contributed by atoms with van der Waals surface area (Å²) < 4.78 is 6.22. The molecule has 0 aliphatic carbocycles. The second-order valence-electron chi connectivity index (χ2n) is 8.92. The van der Waals surface area contributed by atoms with Crippen molar-refractivity contribution in [1.29, 1.82) is 0 Å². The number of aromatic nitrogens is 4. The highest BCUT2D eigenvalue weighted by Gasteiger charge is 2.26. The van der Waals surface area contributed by atoms with Gasteiger partial charge in [0.15, 0.2) is 0 Å². The average Bonchev–Trinajstić information content (AvgIpc) is 3.45. The summed E-state index contributed by atoms with van der Waals surface area (Å²) in [5, 5.41) is 17.2. The smallest absolute Gasteiger partial charge is 0.271 e. The van der Waals surface area contributed by atoms with Crippen molar-refractivity contribution in [1.82, 2.24) is 25.6 Å². The molecule has 1 atom stereocenters. The Morgan fingerprint density at radius 3 is 2.39 bits per heavy atom. The van der Waals surface area contributed by atoms with Crippen LogP contribution >= 0.6 is 0 Å². The second kappa shape index (κ2) is 10.5. The lowest BCUT2D eigenvalue weighted by atomic mass is 9.96. The molecule has 8 heteroatoms. The molecule has 1 aliphatic heterocycles. The molecule has 0 saturated carbocycles. The molecule has 0 saturated heterocycles. The molecule has 1 N–H and O–H groups in total. The van der Waals surface area contributed by atoms with Crippen molar-refractivity contribution in [3.8, 4) is 17.1 Å². The maximum atomic E-state index is 12.9. The maximum Gasteiger partial charge on any atom is 0.271 e. The Kier molecular flexibility index (Phi) is 6.42. The fraction of sp³-hybridized carbons (Fsp3) is 0.100. The van der Waals surface area contributed by atoms with E-state index in [0.717, 1.165) is 33.7 Å². The Balaban J connectivity index is 1.14. The van der Waals surface area contributed by atoms with Crippen molar-refractivity contribution in [3.05, 3.63) is 131 Å². The van der Waals surface area contributed by atoms with Gasteiger partial charge in [0.05, 0.1) is 12.3 Å². The molecule has 38 heavy (non-hydrogen) atoms. The first-order chi connectivity index (χ1) is 18.7. The molecule has 186 valence electrons. The van der Waals surface area contributed by atoms with Gasteiger partial charge in [-0.1, -0.05) is 84.9 Å². The summed E-state index contributed by atoms with van der Waals surface area (Å²) in [4.78, 5) is 14.4. The number of nitrogens with one attached hydrogen (secondary N) is 1. The molecule has 1 aliphatic rings. The number of hydrogen-bond acceptors (Lipinski definition) is 6. The van der Waals surface area contributed by atoms with E-state index in [-0.39, 0.29) is 12.0 Å². The molecule has 2 heterocycles. The van der Waals surface area contributed by atoms with Gasteiger partial charge in [-0.15, -0.1) is 10.2 Å². The fourth-order valence-electron chi connectivity index (χ4n) is 4.37. The van der Waals surface area contributed by atoms with Gasteiger partial charge in [0, 0.05) is 23.1 Å². The van der Waals surface area contributed by atoms with Crippen molar-refractivity contribution in [2.45, 2.75) is 19.1 Å². The standard InChI is InChI=1S/C30H24N6O2/c37-30(24-17-15-21(16-18-24)20-36-34-29(32-35-36)23-11-5-2-6-12-23)33-31-26-19-28(22-9-3-1-4-10-22)38-27-14-8-7-13-25(26)27/h1-18,28H,19-20H2,(H,33,37)/b31-26+/t28-/m0/s1. The zero-order valence-electron chi connectivity index (χ0n) is 20.4. The number of ether oxygens (including phenoxy) is 1. The summed E-state index contributed by atoms with van der Waals surface area (Å²) in [5.41, 5.74) is 7.82. The molecule has 0 fully saturated rings. The first-order valence-electron chi connectivity index (χ1n) is 12.3. The summed E-state index contributed by atoms with van der Waals surface area (Å²) in [6, 6.07) is 34.8. The number of nitrogens with zero attached hydrogens (tertiary/aromatic N) is 5. The van der Waals surface area contributed by atoms with Crippen LogP contribution in [0.15, 0.2) is 114 Å². The Hall–Kier alpha value is -5.11. The molecular formula is C30H24N6O2. The molecule has 5 aromatic rings. The van der Waals surface area contributed by atoms with Crippen LogP contribution in [0.3, 0.4) is 0 Å². The van der Waals surface area contributed by atoms with E-state index in [9.17, 15) is 4.79 Å². The Labute approximate surface area is 219 Å². The third-order valence-electron chi connectivity index (χ3n) is 6.33. The van der Waals surface area contributed by atoms with Crippen LogP contribution < -0.4 is 10.2 Å². The Bertz CT molecular complexity index is 1580. The van der Waals surface area contributed by atoms with Gasteiger partial charge in [-0.3, -0.25) is 4.79 Å². The van der Waals surface area contributed by atoms with E-state index in [2.05, 4.69) is 25.9 Å². The number of carbonyl (C=O) groups excluding carboxylic acids is 1. The lowest BCUT2D eigenvalue weighted by molar-refractivity contribution is 0.0954. The van der Waals surface area contributed by atoms with E-state index >= 15 is 0 Å². The molecule has 0 bridgehead atoms. The van der Waals surface area contributed by atoms with Crippen molar-refractivity contribution in [2.24, 2.45) is 5.10 Å². The van der Waals surface area contributed by atoms with Gasteiger partial charge in [-0.2, -0.15) is 9.90 Å². The predicted octanol–water partition coefficient (Wildman–Crippen LogP) is 5.05. The maximum absolute atomic E-state index is 12.9. The zero-order valence-corrected chi connectivity index (χ0v) is 20.4. The molecule has 4 aromatic carbocycles. The molecule has 1 aromatic heterocycles. The van der Waals surface area contributed by atoms with Gasteiger partial charge in [-0.05, 0) is 40.6 Å². The Morgan fingerprint density at radius 1 is 0.895 bits per heavy atom. The minimum atomic E-state index is -0.283. The number of tetrazole rings is 1. The van der Waals surface area contributed by atoms with Crippen LogP contribution in [-0.2, 0) is 6.54 Å². The van der Waals surface area contributed by atoms with Crippen LogP contribution in [0.4, 0.5) is 0 Å². The topological polar surface area (TPSA) is 94.3 Å². The first-order valence-corrected chi connectivity index (χ1v) is 12.3. The van der Waals surface area contributed by atoms with Crippen molar-refractivity contribution >= 4 is 11.6 Å². The zero-order chi connectivity index (χ0) is 25.7. The van der Waals surface area contributed by atoms with Gasteiger partial charge in [0.2, 0.25) is 5.82 Å². The molecule has 0 unspecified atom stereocenters. The molecule has 6 rings (SSSR count). The van der Waals surface area contributed by atoms with Gasteiger partial charge >= 0.3 is 0 Å². The quantitative estimate of drug-likeness (QED) is 0.330. The number of para-hydroxylation sites is 1. The van der Waals surface area contributed by atoms with E-state index in [1.165, 1.54) is 4.80 Å². The molecule has 0 spiro atoms. The van der Waals surface area contributed by atoms with E-state index in [1.54, 1.807) is 12.1 Å². The van der Waals surface area contributed by atoms with E-state index in [4.69, 9.17) is 4.74 Å². The number of fused-ring (bicyclic) bond motifs is 1. The minimum Gasteiger partial charge on any atom is -0.485 e. The summed E-state index contributed by atoms with van der Waals surface area (Å²) in [5.74, 6) is 1.04. The van der Waals surface area contributed by atoms with Crippen LogP contribution in [0.5, 0.6) is 5.75 Å². The summed E-state index contributed by atoms with van der Waals surface area (Å²) in [6.07, 6.45) is 0.379. The highest BCUT2D eigenvalue weighted by molar-refractivity contribution is 6.05. The highest BCUT2D eigenvalue weighted by Crippen LogP contribution is 2.34. The number of hydrazone groups is 1. The van der Waals surface area contributed by atoms with Crippen LogP contribution in [0, 0.1) is 0 Å². The minimum absolute atomic E-state index is 0.172. The van der Waals surface area contributed by atoms with E-state index < -0.39 is 0 Å². The van der Waals surface area contributed by atoms with Gasteiger partial charge in [-0.25, -0.2) is 5.43 Å². The predicted molar refractivity (Wildman–Crippen MR) is 144 cm³/mol. The number of rotatable bonds is 6. The van der Waals surface area contributed by atoms with E-state index in [1.807, 2.05) is 97.1 Å². The van der Waals surface area contributed by atoms with Crippen LogP contribution in [0.1, 0.15) is 39.6 Å². The van der Waals surface area contributed by atoms with E-state index in [0.29, 0.717) is 24.4 Å². The lowest BCUT2D eigenvalue weighted by Crippen LogP contribution is -2.25. The van der Waals surface area contributed by atoms with Crippen molar-refractivity contribution in [3.63, 3.8) is 0 Å². The molecule has 1 amide bonds. The summed E-state index contributed by atoms with van der Waals surface area (Å²) in [7, 11) is 0. The lowest BCUT2D eigenvalue weighted by Gasteiger charge is -2.27. The average molecular weight is 501 g/mol. The summed E-state index contributed by atoms with van der Waals surface area (Å²) in [6.45, 7) is 0.446. The largest absolute Gasteiger partial charge is 0.485 e. The van der Waals surface area contributed by atoms with Gasteiger partial charge in [0.1, 0.15) is 11.9 Å². The molecule has 8 nitrogen and oxygen atoms in total. The van der Waals surface area contributed by atoms with Crippen molar-refractivity contribution in [2.75, 3.05) is 0 Å². The third-order valence-corrected chi connectivity index (χ3v) is 6.33. The van der Waals surface area contributed by atoms with Crippen molar-refractivity contribution < 1.29 is 9.53 Å². The number of amides is 1. The molecular weight excluding hydrogens is 476 g/mol. The second-order valence-corrected chi connectivity index (χ2v) is 8.92. The van der Waals surface area contributed by atoms with Gasteiger partial charge in [0.25, 0.3) is 5.91 Å². The molecule has 0 radical (unpaired) electrons. The first kappa shape index (κ1) is 23.3. The van der Waals surface area contributed by atoms with Gasteiger partial charge < -0.3 is 4.74 Å². The number of carbonyl (C=O) groups is 1. The van der Waals surface area contributed by atoms with Crippen LogP contribution in [-0.4, -0.2) is 31.8 Å².